The molecule has 0 fully saturated rings. The highest BCUT2D eigenvalue weighted by atomic mass is 35.5. The Morgan fingerprint density at radius 2 is 1.72 bits per heavy atom. The Balaban J connectivity index is 1.84. The maximum absolute atomic E-state index is 13.4. The largest absolute Gasteiger partial charge is 0.496 e. The number of rotatable bonds is 5. The minimum Gasteiger partial charge on any atom is -0.496 e. The Bertz CT molecular complexity index is 1160. The van der Waals surface area contributed by atoms with E-state index in [0.717, 1.165) is 11.1 Å². The third kappa shape index (κ3) is 3.73. The van der Waals surface area contributed by atoms with Gasteiger partial charge in [-0.2, -0.15) is 17.9 Å². The molecule has 0 aromatic heterocycles. The Morgan fingerprint density at radius 3 is 2.45 bits per heavy atom. The molecular formula is C22H19ClN2O3S. The molecule has 0 N–H and O–H groups in total. The van der Waals surface area contributed by atoms with Crippen LogP contribution in [0.4, 0.5) is 0 Å². The van der Waals surface area contributed by atoms with Crippen LogP contribution in [-0.4, -0.2) is 25.7 Å². The zero-order valence-electron chi connectivity index (χ0n) is 15.7. The lowest BCUT2D eigenvalue weighted by atomic mass is 9.98. The molecule has 5 nitrogen and oxygen atoms in total. The van der Waals surface area contributed by atoms with E-state index in [4.69, 9.17) is 16.3 Å². The van der Waals surface area contributed by atoms with Gasteiger partial charge in [-0.1, -0.05) is 60.1 Å². The number of halogens is 1. The highest BCUT2D eigenvalue weighted by molar-refractivity contribution is 7.89. The molecule has 1 aliphatic rings. The maximum atomic E-state index is 13.4. The Hall–Kier alpha value is -2.83. The highest BCUT2D eigenvalue weighted by Crippen LogP contribution is 2.40. The summed E-state index contributed by atoms with van der Waals surface area (Å²) in [6.07, 6.45) is 0.410. The smallest absolute Gasteiger partial charge is 0.279 e. The number of hydrogen-bond acceptors (Lipinski definition) is 4. The summed E-state index contributed by atoms with van der Waals surface area (Å²) >= 11 is 6.14. The van der Waals surface area contributed by atoms with Crippen molar-refractivity contribution in [2.45, 2.75) is 17.4 Å². The summed E-state index contributed by atoms with van der Waals surface area (Å²) in [6, 6.07) is 22.5. The summed E-state index contributed by atoms with van der Waals surface area (Å²) in [6.45, 7) is 0. The molecule has 0 aliphatic carbocycles. The molecule has 7 heteroatoms. The fraction of sp³-hybridized carbons (Fsp3) is 0.136. The van der Waals surface area contributed by atoms with E-state index in [2.05, 4.69) is 5.10 Å². The molecule has 0 radical (unpaired) electrons. The first-order chi connectivity index (χ1) is 14.0. The summed E-state index contributed by atoms with van der Waals surface area (Å²) in [7, 11) is -2.28. The van der Waals surface area contributed by atoms with Crippen molar-refractivity contribution >= 4 is 27.3 Å². The van der Waals surface area contributed by atoms with Crippen molar-refractivity contribution in [1.29, 1.82) is 0 Å². The number of ether oxygens (including phenoxy) is 1. The lowest BCUT2D eigenvalue weighted by molar-refractivity contribution is 0.350. The van der Waals surface area contributed by atoms with E-state index in [9.17, 15) is 8.42 Å². The predicted octanol–water partition coefficient (Wildman–Crippen LogP) is 4.89. The summed E-state index contributed by atoms with van der Waals surface area (Å²) in [5, 5.41) is 5.10. The van der Waals surface area contributed by atoms with Crippen LogP contribution in [-0.2, 0) is 10.0 Å². The van der Waals surface area contributed by atoms with Crippen LogP contribution in [0, 0.1) is 0 Å². The fourth-order valence-corrected chi connectivity index (χ4v) is 5.06. The van der Waals surface area contributed by atoms with Gasteiger partial charge in [-0.3, -0.25) is 0 Å². The molecular weight excluding hydrogens is 408 g/mol. The van der Waals surface area contributed by atoms with E-state index in [1.54, 1.807) is 49.6 Å². The number of hydrogen-bond donors (Lipinski definition) is 0. The molecule has 3 aromatic rings. The van der Waals surface area contributed by atoms with Crippen LogP contribution in [0.1, 0.15) is 23.6 Å². The van der Waals surface area contributed by atoms with Crippen LogP contribution in [0.3, 0.4) is 0 Å². The summed E-state index contributed by atoms with van der Waals surface area (Å²) in [5.74, 6) is 0.619. The number of nitrogens with zero attached hydrogens (tertiary/aromatic N) is 2. The van der Waals surface area contributed by atoms with Crippen LogP contribution in [0.15, 0.2) is 88.9 Å². The molecule has 4 rings (SSSR count). The second kappa shape index (κ2) is 7.89. The second-order valence-corrected chi connectivity index (χ2v) is 8.84. The van der Waals surface area contributed by atoms with Crippen molar-refractivity contribution in [1.82, 2.24) is 4.41 Å². The van der Waals surface area contributed by atoms with Gasteiger partial charge in [0.15, 0.2) is 0 Å². The van der Waals surface area contributed by atoms with Gasteiger partial charge in [0.05, 0.1) is 23.8 Å². The Kier molecular flexibility index (Phi) is 5.30. The van der Waals surface area contributed by atoms with Gasteiger partial charge in [-0.25, -0.2) is 0 Å². The molecule has 0 amide bonds. The zero-order valence-corrected chi connectivity index (χ0v) is 17.3. The summed E-state index contributed by atoms with van der Waals surface area (Å²) in [5.41, 5.74) is 2.21. The molecule has 1 heterocycles. The van der Waals surface area contributed by atoms with E-state index in [0.29, 0.717) is 22.9 Å². The molecule has 3 aromatic carbocycles. The predicted molar refractivity (Wildman–Crippen MR) is 114 cm³/mol. The van der Waals surface area contributed by atoms with Crippen LogP contribution < -0.4 is 4.74 Å². The molecule has 148 valence electrons. The van der Waals surface area contributed by atoms with Crippen molar-refractivity contribution in [3.8, 4) is 5.75 Å². The zero-order chi connectivity index (χ0) is 20.4. The van der Waals surface area contributed by atoms with Gasteiger partial charge >= 0.3 is 0 Å². The molecule has 29 heavy (non-hydrogen) atoms. The maximum Gasteiger partial charge on any atom is 0.279 e. The van der Waals surface area contributed by atoms with Crippen LogP contribution in [0.5, 0.6) is 5.75 Å². The Morgan fingerprint density at radius 1 is 1.00 bits per heavy atom. The van der Waals surface area contributed by atoms with Gasteiger partial charge in [0.1, 0.15) is 5.75 Å². The number of benzene rings is 3. The number of hydrazone groups is 1. The van der Waals surface area contributed by atoms with E-state index < -0.39 is 16.1 Å². The van der Waals surface area contributed by atoms with Crippen molar-refractivity contribution in [2.75, 3.05) is 7.11 Å². The van der Waals surface area contributed by atoms with Crippen molar-refractivity contribution in [3.63, 3.8) is 0 Å². The number of methoxy groups -OCH3 is 1. The number of sulfonamides is 1. The molecule has 1 aliphatic heterocycles. The molecule has 0 unspecified atom stereocenters. The molecule has 1 atom stereocenters. The van der Waals surface area contributed by atoms with Crippen LogP contribution in [0.25, 0.3) is 0 Å². The Labute approximate surface area is 175 Å². The SMILES string of the molecule is COc1ccccc1[C@@H]1CC(c2cccc(Cl)c2)=NN1S(=O)(=O)c1ccccc1. The van der Waals surface area contributed by atoms with Crippen LogP contribution >= 0.6 is 11.6 Å². The van der Waals surface area contributed by atoms with E-state index >= 15 is 0 Å². The average Bonchev–Trinajstić information content (AvgIpc) is 3.20. The first kappa shape index (κ1) is 19.5. The molecule has 0 saturated carbocycles. The lowest BCUT2D eigenvalue weighted by Crippen LogP contribution is -2.27. The van der Waals surface area contributed by atoms with Gasteiger partial charge in [-0.05, 0) is 35.9 Å². The highest BCUT2D eigenvalue weighted by Gasteiger charge is 2.38. The third-order valence-electron chi connectivity index (χ3n) is 4.82. The van der Waals surface area contributed by atoms with Crippen molar-refractivity contribution in [2.24, 2.45) is 5.10 Å². The minimum absolute atomic E-state index is 0.191. The van der Waals surface area contributed by atoms with Gasteiger partial charge in [0, 0.05) is 17.0 Å². The van der Waals surface area contributed by atoms with Gasteiger partial charge in [-0.15, -0.1) is 0 Å². The van der Waals surface area contributed by atoms with Crippen molar-refractivity contribution in [3.05, 3.63) is 95.0 Å². The summed E-state index contributed by atoms with van der Waals surface area (Å²) in [4.78, 5) is 0.191. The topological polar surface area (TPSA) is 59.0 Å². The minimum atomic E-state index is -3.85. The first-order valence-corrected chi connectivity index (χ1v) is 10.9. The fourth-order valence-electron chi connectivity index (χ4n) is 3.43. The molecule has 0 bridgehead atoms. The van der Waals surface area contributed by atoms with E-state index in [-0.39, 0.29) is 4.90 Å². The van der Waals surface area contributed by atoms with E-state index in [1.165, 1.54) is 4.41 Å². The quantitative estimate of drug-likeness (QED) is 0.583. The monoisotopic (exact) mass is 426 g/mol. The standard InChI is InChI=1S/C22H19ClN2O3S/c1-28-22-13-6-5-12-19(22)21-15-20(16-8-7-9-17(23)14-16)24-25(21)29(26,27)18-10-3-2-4-11-18/h2-14,21H,15H2,1H3/t21-/m0/s1. The van der Waals surface area contributed by atoms with Crippen molar-refractivity contribution < 1.29 is 13.2 Å². The second-order valence-electron chi connectivity index (χ2n) is 6.61. The molecule has 0 saturated heterocycles. The van der Waals surface area contributed by atoms with Gasteiger partial charge < -0.3 is 4.74 Å². The lowest BCUT2D eigenvalue weighted by Gasteiger charge is -2.24. The van der Waals surface area contributed by atoms with Crippen LogP contribution in [0.2, 0.25) is 5.02 Å². The summed E-state index contributed by atoms with van der Waals surface area (Å²) < 4.78 is 33.5. The normalized spacial score (nSPS) is 16.6. The molecule has 0 spiro atoms. The average molecular weight is 427 g/mol. The third-order valence-corrected chi connectivity index (χ3v) is 6.75. The van der Waals surface area contributed by atoms with E-state index in [1.807, 2.05) is 36.4 Å². The van der Waals surface area contributed by atoms with Gasteiger partial charge in [0.2, 0.25) is 0 Å². The number of para-hydroxylation sites is 1. The first-order valence-electron chi connectivity index (χ1n) is 9.06. The van der Waals surface area contributed by atoms with Gasteiger partial charge in [0.25, 0.3) is 10.0 Å².